The second kappa shape index (κ2) is 6.65. The van der Waals surface area contributed by atoms with E-state index in [4.69, 9.17) is 10.2 Å². The minimum absolute atomic E-state index is 0.118. The van der Waals surface area contributed by atoms with E-state index in [1.165, 1.54) is 12.1 Å². The molecule has 7 nitrogen and oxygen atoms in total. The molecular weight excluding hydrogens is 390 g/mol. The standard InChI is InChI=1S/C14H12BrNO6S/c15-10-5-6-12(9-4-2-1-3-8(9)10)23(21,22)16-11(14(19)20)7-13(17)18/h1-6,11,16H,7H2,(H,17,18)(H,19,20). The topological polar surface area (TPSA) is 121 Å². The Morgan fingerprint density at radius 3 is 2.26 bits per heavy atom. The molecule has 0 saturated heterocycles. The molecule has 3 N–H and O–H groups in total. The molecular formula is C14H12BrNO6S. The van der Waals surface area contributed by atoms with Gasteiger partial charge in [0.15, 0.2) is 0 Å². The van der Waals surface area contributed by atoms with Gasteiger partial charge in [-0.3, -0.25) is 9.59 Å². The fourth-order valence-electron chi connectivity index (χ4n) is 2.07. The molecule has 0 spiro atoms. The summed E-state index contributed by atoms with van der Waals surface area (Å²) < 4.78 is 27.6. The summed E-state index contributed by atoms with van der Waals surface area (Å²) in [4.78, 5) is 21.6. The fraction of sp³-hybridized carbons (Fsp3) is 0.143. The van der Waals surface area contributed by atoms with Gasteiger partial charge in [0.2, 0.25) is 10.0 Å². The summed E-state index contributed by atoms with van der Waals surface area (Å²) in [5.41, 5.74) is 0. The lowest BCUT2D eigenvalue weighted by atomic mass is 10.1. The smallest absolute Gasteiger partial charge is 0.322 e. The average Bonchev–Trinajstić information content (AvgIpc) is 2.46. The van der Waals surface area contributed by atoms with Crippen LogP contribution in [0.3, 0.4) is 0 Å². The molecule has 0 radical (unpaired) electrons. The Labute approximate surface area is 140 Å². The summed E-state index contributed by atoms with van der Waals surface area (Å²) in [6, 6.07) is 7.80. The third-order valence-corrected chi connectivity index (χ3v) is 5.32. The largest absolute Gasteiger partial charge is 0.481 e. The molecule has 0 aliphatic heterocycles. The Morgan fingerprint density at radius 1 is 1.09 bits per heavy atom. The van der Waals surface area contributed by atoms with E-state index in [1.54, 1.807) is 24.3 Å². The van der Waals surface area contributed by atoms with Crippen LogP contribution < -0.4 is 4.72 Å². The summed E-state index contributed by atoms with van der Waals surface area (Å²) in [6.07, 6.45) is -0.858. The minimum Gasteiger partial charge on any atom is -0.481 e. The van der Waals surface area contributed by atoms with Crippen LogP contribution in [0.2, 0.25) is 0 Å². The van der Waals surface area contributed by atoms with Crippen molar-refractivity contribution >= 4 is 48.7 Å². The highest BCUT2D eigenvalue weighted by atomic mass is 79.9. The number of hydrogen-bond donors (Lipinski definition) is 3. The van der Waals surface area contributed by atoms with Crippen LogP contribution in [-0.4, -0.2) is 36.6 Å². The zero-order valence-electron chi connectivity index (χ0n) is 11.6. The lowest BCUT2D eigenvalue weighted by Crippen LogP contribution is -2.42. The van der Waals surface area contributed by atoms with Crippen molar-refractivity contribution in [2.45, 2.75) is 17.4 Å². The number of nitrogens with one attached hydrogen (secondary N) is 1. The van der Waals surface area contributed by atoms with E-state index < -0.39 is 34.4 Å². The molecule has 23 heavy (non-hydrogen) atoms. The number of sulfonamides is 1. The summed E-state index contributed by atoms with van der Waals surface area (Å²) in [5, 5.41) is 18.7. The lowest BCUT2D eigenvalue weighted by molar-refractivity contribution is -0.145. The number of halogens is 1. The predicted octanol–water partition coefficient (Wildman–Crippen LogP) is 1.81. The second-order valence-corrected chi connectivity index (χ2v) is 7.24. The van der Waals surface area contributed by atoms with Gasteiger partial charge in [-0.1, -0.05) is 40.2 Å². The van der Waals surface area contributed by atoms with Crippen molar-refractivity contribution in [3.63, 3.8) is 0 Å². The molecule has 2 aromatic rings. The number of carbonyl (C=O) groups is 2. The van der Waals surface area contributed by atoms with Gasteiger partial charge in [0, 0.05) is 9.86 Å². The number of benzene rings is 2. The molecule has 1 atom stereocenters. The Morgan fingerprint density at radius 2 is 1.70 bits per heavy atom. The van der Waals surface area contributed by atoms with E-state index in [-0.39, 0.29) is 4.90 Å². The van der Waals surface area contributed by atoms with Crippen LogP contribution in [0.5, 0.6) is 0 Å². The van der Waals surface area contributed by atoms with Gasteiger partial charge in [-0.25, -0.2) is 8.42 Å². The van der Waals surface area contributed by atoms with Crippen LogP contribution in [0, 0.1) is 0 Å². The van der Waals surface area contributed by atoms with Crippen LogP contribution in [0.15, 0.2) is 45.8 Å². The van der Waals surface area contributed by atoms with Gasteiger partial charge in [0.25, 0.3) is 0 Å². The van der Waals surface area contributed by atoms with E-state index in [0.29, 0.717) is 15.2 Å². The van der Waals surface area contributed by atoms with E-state index in [1.807, 2.05) is 4.72 Å². The molecule has 2 rings (SSSR count). The molecule has 2 aromatic carbocycles. The van der Waals surface area contributed by atoms with E-state index in [9.17, 15) is 18.0 Å². The summed E-state index contributed by atoms with van der Waals surface area (Å²) >= 11 is 3.32. The SMILES string of the molecule is O=C(O)CC(NS(=O)(=O)c1ccc(Br)c2ccccc12)C(=O)O. The quantitative estimate of drug-likeness (QED) is 0.678. The summed E-state index contributed by atoms with van der Waals surface area (Å²) in [5.74, 6) is -2.97. The number of hydrogen-bond acceptors (Lipinski definition) is 4. The van der Waals surface area contributed by atoms with E-state index in [0.717, 1.165) is 0 Å². The maximum atomic E-state index is 12.5. The number of carboxylic acids is 2. The Hall–Kier alpha value is -1.97. The molecule has 0 aliphatic carbocycles. The van der Waals surface area contributed by atoms with Crippen LogP contribution in [0.25, 0.3) is 10.8 Å². The van der Waals surface area contributed by atoms with Gasteiger partial charge in [0.05, 0.1) is 11.3 Å². The third-order valence-electron chi connectivity index (χ3n) is 3.09. The van der Waals surface area contributed by atoms with Crippen LogP contribution >= 0.6 is 15.9 Å². The first kappa shape index (κ1) is 17.4. The van der Waals surface area contributed by atoms with Crippen molar-refractivity contribution in [1.29, 1.82) is 0 Å². The average molecular weight is 402 g/mol. The third kappa shape index (κ3) is 3.87. The molecule has 0 fully saturated rings. The number of carboxylic acid groups (broad SMARTS) is 2. The van der Waals surface area contributed by atoms with Gasteiger partial charge in [-0.2, -0.15) is 4.72 Å². The zero-order valence-corrected chi connectivity index (χ0v) is 14.0. The van der Waals surface area contributed by atoms with Gasteiger partial charge < -0.3 is 10.2 Å². The van der Waals surface area contributed by atoms with Gasteiger partial charge in [-0.05, 0) is 17.5 Å². The highest BCUT2D eigenvalue weighted by Gasteiger charge is 2.28. The molecule has 0 bridgehead atoms. The van der Waals surface area contributed by atoms with Gasteiger partial charge >= 0.3 is 11.9 Å². The molecule has 1 unspecified atom stereocenters. The first-order valence-corrected chi connectivity index (χ1v) is 8.64. The second-order valence-electron chi connectivity index (χ2n) is 4.70. The monoisotopic (exact) mass is 401 g/mol. The van der Waals surface area contributed by atoms with Crippen molar-refractivity contribution < 1.29 is 28.2 Å². The van der Waals surface area contributed by atoms with Crippen molar-refractivity contribution in [3.8, 4) is 0 Å². The fourth-order valence-corrected chi connectivity index (χ4v) is 3.95. The number of rotatable bonds is 6. The zero-order chi connectivity index (χ0) is 17.2. The number of fused-ring (bicyclic) bond motifs is 1. The van der Waals surface area contributed by atoms with E-state index >= 15 is 0 Å². The van der Waals surface area contributed by atoms with E-state index in [2.05, 4.69) is 15.9 Å². The van der Waals surface area contributed by atoms with Crippen LogP contribution in [-0.2, 0) is 19.6 Å². The lowest BCUT2D eigenvalue weighted by Gasteiger charge is -2.14. The Balaban J connectivity index is 2.50. The molecule has 0 aliphatic rings. The van der Waals surface area contributed by atoms with Gasteiger partial charge in [0.1, 0.15) is 6.04 Å². The van der Waals surface area contributed by atoms with Crippen molar-refractivity contribution in [2.24, 2.45) is 0 Å². The van der Waals surface area contributed by atoms with Crippen LogP contribution in [0.1, 0.15) is 6.42 Å². The Bertz CT molecular complexity index is 880. The molecule has 0 heterocycles. The highest BCUT2D eigenvalue weighted by molar-refractivity contribution is 9.10. The van der Waals surface area contributed by atoms with Crippen molar-refractivity contribution in [3.05, 3.63) is 40.9 Å². The molecule has 122 valence electrons. The van der Waals surface area contributed by atoms with Crippen molar-refractivity contribution in [1.82, 2.24) is 4.72 Å². The Kier molecular flexibility index (Phi) is 5.03. The normalized spacial score (nSPS) is 12.9. The van der Waals surface area contributed by atoms with Crippen LogP contribution in [0.4, 0.5) is 0 Å². The highest BCUT2D eigenvalue weighted by Crippen LogP contribution is 2.29. The predicted molar refractivity (Wildman–Crippen MR) is 85.6 cm³/mol. The maximum absolute atomic E-state index is 12.5. The summed E-state index contributed by atoms with van der Waals surface area (Å²) in [7, 11) is -4.21. The molecule has 0 amide bonds. The number of aliphatic carboxylic acids is 2. The summed E-state index contributed by atoms with van der Waals surface area (Å²) in [6.45, 7) is 0. The minimum atomic E-state index is -4.21. The first-order chi connectivity index (χ1) is 10.7. The first-order valence-electron chi connectivity index (χ1n) is 6.36. The maximum Gasteiger partial charge on any atom is 0.322 e. The molecule has 9 heteroatoms. The molecule has 0 saturated carbocycles. The van der Waals surface area contributed by atoms with Crippen molar-refractivity contribution in [2.75, 3.05) is 0 Å². The molecule has 0 aromatic heterocycles. The van der Waals surface area contributed by atoms with Gasteiger partial charge in [-0.15, -0.1) is 0 Å².